The number of carbonyl (C=O) groups is 2. The topological polar surface area (TPSA) is 128 Å². The number of carbonyl (C=O) groups excluding carboxylic acids is 2. The standard InChI is InChI=1S/C11H8N4O4/c12-11(17)7-3-6(1-2-8(7)15(18)19)4-9-13-5-10(16)14-9/h1-3,5H,4H2,(H2,12,17). The van der Waals surface area contributed by atoms with Gasteiger partial charge in [-0.05, 0) is 11.6 Å². The molecule has 1 aliphatic rings. The van der Waals surface area contributed by atoms with Crippen LogP contribution < -0.4 is 5.73 Å². The maximum absolute atomic E-state index is 11.2. The van der Waals surface area contributed by atoms with Gasteiger partial charge in [-0.1, -0.05) is 6.07 Å². The van der Waals surface area contributed by atoms with E-state index in [9.17, 15) is 19.7 Å². The molecule has 0 bridgehead atoms. The van der Waals surface area contributed by atoms with Crippen molar-refractivity contribution >= 4 is 29.6 Å². The molecule has 1 heterocycles. The van der Waals surface area contributed by atoms with Crippen molar-refractivity contribution in [1.82, 2.24) is 0 Å². The number of nitro benzene ring substituents is 1. The number of nitrogens with two attached hydrogens (primary N) is 1. The highest BCUT2D eigenvalue weighted by Gasteiger charge is 2.19. The van der Waals surface area contributed by atoms with Crippen molar-refractivity contribution in [1.29, 1.82) is 0 Å². The molecule has 19 heavy (non-hydrogen) atoms. The number of amidine groups is 1. The van der Waals surface area contributed by atoms with E-state index in [-0.39, 0.29) is 23.5 Å². The van der Waals surface area contributed by atoms with Crippen LogP contribution in [0.25, 0.3) is 0 Å². The van der Waals surface area contributed by atoms with Crippen molar-refractivity contribution in [2.24, 2.45) is 15.7 Å². The molecular weight excluding hydrogens is 252 g/mol. The van der Waals surface area contributed by atoms with Crippen LogP contribution in [-0.4, -0.2) is 28.8 Å². The fourth-order valence-electron chi connectivity index (χ4n) is 1.63. The lowest BCUT2D eigenvalue weighted by Gasteiger charge is -2.03. The molecule has 1 aliphatic heterocycles. The maximum atomic E-state index is 11.2. The molecule has 0 radical (unpaired) electrons. The van der Waals surface area contributed by atoms with Crippen molar-refractivity contribution < 1.29 is 14.5 Å². The molecule has 0 fully saturated rings. The molecule has 0 saturated carbocycles. The Morgan fingerprint density at radius 1 is 1.42 bits per heavy atom. The van der Waals surface area contributed by atoms with Gasteiger partial charge in [0.25, 0.3) is 17.5 Å². The van der Waals surface area contributed by atoms with Gasteiger partial charge in [0.15, 0.2) is 0 Å². The molecule has 0 atom stereocenters. The van der Waals surface area contributed by atoms with Crippen LogP contribution in [0.1, 0.15) is 15.9 Å². The van der Waals surface area contributed by atoms with E-state index >= 15 is 0 Å². The Balaban J connectivity index is 2.34. The third-order valence-corrected chi connectivity index (χ3v) is 2.45. The van der Waals surface area contributed by atoms with Crippen molar-refractivity contribution in [2.75, 3.05) is 0 Å². The van der Waals surface area contributed by atoms with E-state index in [0.717, 1.165) is 6.21 Å². The lowest BCUT2D eigenvalue weighted by atomic mass is 10.1. The monoisotopic (exact) mass is 260 g/mol. The van der Waals surface area contributed by atoms with Gasteiger partial charge in [-0.15, -0.1) is 0 Å². The van der Waals surface area contributed by atoms with Gasteiger partial charge in [0, 0.05) is 12.5 Å². The molecule has 96 valence electrons. The van der Waals surface area contributed by atoms with Crippen LogP contribution in [-0.2, 0) is 11.2 Å². The lowest BCUT2D eigenvalue weighted by Crippen LogP contribution is -2.14. The third kappa shape index (κ3) is 2.68. The summed E-state index contributed by atoms with van der Waals surface area (Å²) in [5, 5.41) is 10.7. The molecule has 2 N–H and O–H groups in total. The molecule has 0 unspecified atom stereocenters. The van der Waals surface area contributed by atoms with Gasteiger partial charge in [-0.3, -0.25) is 19.7 Å². The summed E-state index contributed by atoms with van der Waals surface area (Å²) in [5.74, 6) is -1.05. The maximum Gasteiger partial charge on any atom is 0.289 e. The van der Waals surface area contributed by atoms with Gasteiger partial charge in [0.2, 0.25) is 0 Å². The molecule has 1 aromatic rings. The van der Waals surface area contributed by atoms with Crippen LogP contribution in [0, 0.1) is 10.1 Å². The Morgan fingerprint density at radius 2 is 2.16 bits per heavy atom. The van der Waals surface area contributed by atoms with E-state index in [1.807, 2.05) is 0 Å². The highest BCUT2D eigenvalue weighted by atomic mass is 16.6. The number of primary amides is 1. The second-order valence-corrected chi connectivity index (χ2v) is 3.77. The van der Waals surface area contributed by atoms with Crippen LogP contribution in [0.5, 0.6) is 0 Å². The number of aliphatic imine (C=N–C) groups is 2. The quantitative estimate of drug-likeness (QED) is 0.614. The second kappa shape index (κ2) is 4.77. The molecule has 0 aromatic heterocycles. The molecule has 0 saturated heterocycles. The van der Waals surface area contributed by atoms with Crippen molar-refractivity contribution in [3.63, 3.8) is 0 Å². The molecule has 0 aliphatic carbocycles. The minimum absolute atomic E-state index is 0.184. The fraction of sp³-hybridized carbons (Fsp3) is 0.0909. The molecule has 0 spiro atoms. The summed E-state index contributed by atoms with van der Waals surface area (Å²) in [5.41, 5.74) is 5.11. The van der Waals surface area contributed by atoms with Crippen LogP contribution in [0.3, 0.4) is 0 Å². The number of hydrogen-bond acceptors (Lipinski definition) is 5. The summed E-state index contributed by atoms with van der Waals surface area (Å²) in [4.78, 5) is 39.5. The molecule has 1 aromatic carbocycles. The lowest BCUT2D eigenvalue weighted by molar-refractivity contribution is -0.385. The van der Waals surface area contributed by atoms with Gasteiger partial charge in [-0.2, -0.15) is 4.99 Å². The predicted octanol–water partition coefficient (Wildman–Crippen LogP) is 0.246. The number of nitrogens with zero attached hydrogens (tertiary/aromatic N) is 3. The zero-order valence-electron chi connectivity index (χ0n) is 9.57. The average molecular weight is 260 g/mol. The smallest absolute Gasteiger partial charge is 0.289 e. The fourth-order valence-corrected chi connectivity index (χ4v) is 1.63. The van der Waals surface area contributed by atoms with Gasteiger partial charge < -0.3 is 5.73 Å². The average Bonchev–Trinajstić information content (AvgIpc) is 2.74. The highest BCUT2D eigenvalue weighted by molar-refractivity contribution is 6.34. The SMILES string of the molecule is NC(=O)c1cc(CC2=NC(=O)C=N2)ccc1[N+](=O)[O-]. The van der Waals surface area contributed by atoms with E-state index < -0.39 is 16.7 Å². The molecule has 2 amide bonds. The van der Waals surface area contributed by atoms with Gasteiger partial charge in [-0.25, -0.2) is 4.99 Å². The van der Waals surface area contributed by atoms with Gasteiger partial charge >= 0.3 is 0 Å². The van der Waals surface area contributed by atoms with Gasteiger partial charge in [0.05, 0.1) is 11.1 Å². The first kappa shape index (κ1) is 12.6. The normalized spacial score (nSPS) is 13.5. The third-order valence-electron chi connectivity index (χ3n) is 2.45. The summed E-state index contributed by atoms with van der Waals surface area (Å²) in [7, 11) is 0. The van der Waals surface area contributed by atoms with E-state index in [2.05, 4.69) is 9.98 Å². The number of benzene rings is 1. The van der Waals surface area contributed by atoms with Gasteiger partial charge in [0.1, 0.15) is 11.4 Å². The second-order valence-electron chi connectivity index (χ2n) is 3.77. The van der Waals surface area contributed by atoms with Crippen molar-refractivity contribution in [2.45, 2.75) is 6.42 Å². The zero-order chi connectivity index (χ0) is 14.0. The summed E-state index contributed by atoms with van der Waals surface area (Å²) in [6.07, 6.45) is 1.27. The Morgan fingerprint density at radius 3 is 2.68 bits per heavy atom. The Hall–Kier alpha value is -2.90. The first-order valence-electron chi connectivity index (χ1n) is 5.20. The summed E-state index contributed by atoms with van der Waals surface area (Å²) in [6.45, 7) is 0. The van der Waals surface area contributed by atoms with E-state index in [1.54, 1.807) is 0 Å². The van der Waals surface area contributed by atoms with E-state index in [4.69, 9.17) is 5.73 Å². The first-order valence-corrected chi connectivity index (χ1v) is 5.20. The zero-order valence-corrected chi connectivity index (χ0v) is 9.57. The minimum atomic E-state index is -0.888. The minimum Gasteiger partial charge on any atom is -0.365 e. The number of rotatable bonds is 4. The Bertz CT molecular complexity index is 648. The first-order chi connectivity index (χ1) is 8.97. The molecule has 2 rings (SSSR count). The Labute approximate surface area is 106 Å². The number of amides is 2. The molecular formula is C11H8N4O4. The molecule has 8 nitrogen and oxygen atoms in total. The van der Waals surface area contributed by atoms with E-state index in [1.165, 1.54) is 18.2 Å². The van der Waals surface area contributed by atoms with Crippen LogP contribution in [0.4, 0.5) is 5.69 Å². The Kier molecular flexibility index (Phi) is 3.15. The predicted molar refractivity (Wildman–Crippen MR) is 66.3 cm³/mol. The van der Waals surface area contributed by atoms with Crippen LogP contribution in [0.15, 0.2) is 28.2 Å². The summed E-state index contributed by atoms with van der Waals surface area (Å²) in [6, 6.07) is 3.96. The van der Waals surface area contributed by atoms with Crippen molar-refractivity contribution in [3.05, 3.63) is 39.4 Å². The number of hydrogen-bond donors (Lipinski definition) is 1. The van der Waals surface area contributed by atoms with Crippen molar-refractivity contribution in [3.8, 4) is 0 Å². The van der Waals surface area contributed by atoms with Crippen LogP contribution in [0.2, 0.25) is 0 Å². The molecule has 8 heteroatoms. The number of nitro groups is 1. The highest BCUT2D eigenvalue weighted by Crippen LogP contribution is 2.20. The largest absolute Gasteiger partial charge is 0.365 e. The summed E-state index contributed by atoms with van der Waals surface area (Å²) < 4.78 is 0. The summed E-state index contributed by atoms with van der Waals surface area (Å²) >= 11 is 0. The van der Waals surface area contributed by atoms with E-state index in [0.29, 0.717) is 5.56 Å². The van der Waals surface area contributed by atoms with Crippen LogP contribution >= 0.6 is 0 Å².